The Bertz CT molecular complexity index is 1310. The van der Waals surface area contributed by atoms with Crippen LogP contribution in [0.25, 0.3) is 0 Å². The van der Waals surface area contributed by atoms with Gasteiger partial charge in [-0.05, 0) is 73.4 Å². The average molecular weight is 477 g/mol. The molecular weight excluding hydrogens is 458 g/mol. The minimum absolute atomic E-state index is 0.0148. The number of benzene rings is 3. The van der Waals surface area contributed by atoms with Gasteiger partial charge in [-0.3, -0.25) is 9.10 Å². The molecule has 1 heterocycles. The zero-order valence-electron chi connectivity index (χ0n) is 17.0. The summed E-state index contributed by atoms with van der Waals surface area (Å²) in [4.78, 5) is 12.7. The van der Waals surface area contributed by atoms with Crippen LogP contribution in [0.5, 0.6) is 0 Å². The molecule has 4 rings (SSSR count). The van der Waals surface area contributed by atoms with Crippen LogP contribution in [0.3, 0.4) is 0 Å². The number of sulfonamides is 1. The standard InChI is InChI=1S/C23H19ClF2N2O3S/c1-14-4-11-19(26)21(22(14)24)23(29)27-17-8-5-15-3-2-12-28(20(15)13-17)32(30,31)18-9-6-16(25)7-10-18/h4-11,13H,2-3,12H2,1H3,(H,27,29). The predicted octanol–water partition coefficient (Wildman–Crippen LogP) is 5.32. The highest BCUT2D eigenvalue weighted by Gasteiger charge is 2.29. The van der Waals surface area contributed by atoms with Crippen molar-refractivity contribution >= 4 is 38.9 Å². The molecule has 9 heteroatoms. The Labute approximate surface area is 189 Å². The smallest absolute Gasteiger partial charge is 0.264 e. The van der Waals surface area contributed by atoms with Crippen molar-refractivity contribution in [3.05, 3.63) is 87.9 Å². The molecular formula is C23H19ClF2N2O3S. The molecule has 1 aliphatic rings. The Morgan fingerprint density at radius 2 is 1.78 bits per heavy atom. The zero-order chi connectivity index (χ0) is 23.0. The minimum Gasteiger partial charge on any atom is -0.322 e. The van der Waals surface area contributed by atoms with Crippen molar-refractivity contribution in [3.8, 4) is 0 Å². The van der Waals surface area contributed by atoms with Crippen LogP contribution >= 0.6 is 11.6 Å². The van der Waals surface area contributed by atoms with E-state index in [1.165, 1.54) is 34.6 Å². The molecule has 1 aliphatic heterocycles. The van der Waals surface area contributed by atoms with E-state index in [2.05, 4.69) is 5.32 Å². The summed E-state index contributed by atoms with van der Waals surface area (Å²) in [6.45, 7) is 1.90. The summed E-state index contributed by atoms with van der Waals surface area (Å²) in [5.74, 6) is -2.02. The Hall–Kier alpha value is -2.97. The first-order chi connectivity index (χ1) is 15.2. The third-order valence-electron chi connectivity index (χ3n) is 5.33. The number of aryl methyl sites for hydroxylation is 2. The lowest BCUT2D eigenvalue weighted by Crippen LogP contribution is -2.35. The van der Waals surface area contributed by atoms with Gasteiger partial charge in [0.2, 0.25) is 0 Å². The number of hydrogen-bond acceptors (Lipinski definition) is 3. The number of hydrogen-bond donors (Lipinski definition) is 1. The number of fused-ring (bicyclic) bond motifs is 1. The van der Waals surface area contributed by atoms with Crippen LogP contribution in [0, 0.1) is 18.6 Å². The van der Waals surface area contributed by atoms with Gasteiger partial charge in [-0.2, -0.15) is 0 Å². The maximum Gasteiger partial charge on any atom is 0.264 e. The number of nitrogens with zero attached hydrogens (tertiary/aromatic N) is 1. The topological polar surface area (TPSA) is 66.5 Å². The van der Waals surface area contributed by atoms with E-state index in [-0.39, 0.29) is 22.0 Å². The van der Waals surface area contributed by atoms with E-state index in [1.807, 2.05) is 0 Å². The summed E-state index contributed by atoms with van der Waals surface area (Å²) < 4.78 is 55.1. The number of halogens is 3. The van der Waals surface area contributed by atoms with Crippen LogP contribution in [0.15, 0.2) is 59.5 Å². The molecule has 1 N–H and O–H groups in total. The van der Waals surface area contributed by atoms with Gasteiger partial charge in [0.25, 0.3) is 15.9 Å². The third kappa shape index (κ3) is 4.08. The van der Waals surface area contributed by atoms with Crippen LogP contribution in [-0.4, -0.2) is 20.9 Å². The van der Waals surface area contributed by atoms with Gasteiger partial charge in [0.15, 0.2) is 0 Å². The fourth-order valence-corrected chi connectivity index (χ4v) is 5.43. The number of anilines is 2. The number of carbonyl (C=O) groups is 1. The van der Waals surface area contributed by atoms with Gasteiger partial charge >= 0.3 is 0 Å². The normalized spacial score (nSPS) is 13.6. The van der Waals surface area contributed by atoms with E-state index in [4.69, 9.17) is 11.6 Å². The number of amides is 1. The molecule has 0 aromatic heterocycles. The molecule has 0 saturated carbocycles. The highest BCUT2D eigenvalue weighted by atomic mass is 35.5. The lowest BCUT2D eigenvalue weighted by atomic mass is 10.0. The second-order valence-electron chi connectivity index (χ2n) is 7.49. The molecule has 0 bridgehead atoms. The summed E-state index contributed by atoms with van der Waals surface area (Å²) in [6, 6.07) is 12.2. The number of rotatable bonds is 4. The first kappa shape index (κ1) is 22.2. The highest BCUT2D eigenvalue weighted by molar-refractivity contribution is 7.92. The predicted molar refractivity (Wildman–Crippen MR) is 120 cm³/mol. The number of nitrogens with one attached hydrogen (secondary N) is 1. The lowest BCUT2D eigenvalue weighted by Gasteiger charge is -2.31. The number of carbonyl (C=O) groups excluding carboxylic acids is 1. The molecule has 3 aromatic carbocycles. The monoisotopic (exact) mass is 476 g/mol. The van der Waals surface area contributed by atoms with E-state index in [9.17, 15) is 22.0 Å². The molecule has 0 fully saturated rings. The molecule has 166 valence electrons. The fourth-order valence-electron chi connectivity index (χ4n) is 3.66. The molecule has 0 saturated heterocycles. The minimum atomic E-state index is -3.94. The quantitative estimate of drug-likeness (QED) is 0.554. The van der Waals surface area contributed by atoms with Gasteiger partial charge in [0.1, 0.15) is 11.6 Å². The molecule has 32 heavy (non-hydrogen) atoms. The largest absolute Gasteiger partial charge is 0.322 e. The SMILES string of the molecule is Cc1ccc(F)c(C(=O)Nc2ccc3c(c2)N(S(=O)(=O)c2ccc(F)cc2)CCC3)c1Cl. The van der Waals surface area contributed by atoms with Gasteiger partial charge in [-0.1, -0.05) is 23.7 Å². The Kier molecular flexibility index (Phi) is 5.92. The maximum atomic E-state index is 14.2. The molecule has 0 unspecified atom stereocenters. The maximum absolute atomic E-state index is 14.2. The molecule has 1 amide bonds. The van der Waals surface area contributed by atoms with Crippen molar-refractivity contribution in [2.24, 2.45) is 0 Å². The molecule has 5 nitrogen and oxygen atoms in total. The summed E-state index contributed by atoms with van der Waals surface area (Å²) in [5, 5.41) is 2.62. The third-order valence-corrected chi connectivity index (χ3v) is 7.65. The molecule has 0 radical (unpaired) electrons. The average Bonchev–Trinajstić information content (AvgIpc) is 2.76. The first-order valence-corrected chi connectivity index (χ1v) is 11.7. The van der Waals surface area contributed by atoms with Crippen molar-refractivity contribution in [2.45, 2.75) is 24.7 Å². The van der Waals surface area contributed by atoms with Gasteiger partial charge in [-0.25, -0.2) is 17.2 Å². The van der Waals surface area contributed by atoms with Crippen LogP contribution < -0.4 is 9.62 Å². The summed E-state index contributed by atoms with van der Waals surface area (Å²) in [7, 11) is -3.94. The van der Waals surface area contributed by atoms with Crippen LogP contribution in [0.1, 0.15) is 27.9 Å². The van der Waals surface area contributed by atoms with Crippen molar-refractivity contribution in [3.63, 3.8) is 0 Å². The highest BCUT2D eigenvalue weighted by Crippen LogP contribution is 2.34. The van der Waals surface area contributed by atoms with Crippen molar-refractivity contribution in [1.82, 2.24) is 0 Å². The van der Waals surface area contributed by atoms with Gasteiger partial charge < -0.3 is 5.32 Å². The van der Waals surface area contributed by atoms with Gasteiger partial charge in [-0.15, -0.1) is 0 Å². The van der Waals surface area contributed by atoms with E-state index < -0.39 is 27.6 Å². The van der Waals surface area contributed by atoms with Crippen molar-refractivity contribution < 1.29 is 22.0 Å². The molecule has 0 spiro atoms. The summed E-state index contributed by atoms with van der Waals surface area (Å²) in [5.41, 5.74) is 1.78. The summed E-state index contributed by atoms with van der Waals surface area (Å²) in [6.07, 6.45) is 1.28. The van der Waals surface area contributed by atoms with Gasteiger partial charge in [0.05, 0.1) is 21.2 Å². The van der Waals surface area contributed by atoms with Crippen LogP contribution in [0.4, 0.5) is 20.2 Å². The van der Waals surface area contributed by atoms with Crippen molar-refractivity contribution in [2.75, 3.05) is 16.2 Å². The molecule has 0 aliphatic carbocycles. The van der Waals surface area contributed by atoms with Crippen LogP contribution in [0.2, 0.25) is 5.02 Å². The zero-order valence-corrected chi connectivity index (χ0v) is 18.6. The molecule has 3 aromatic rings. The fraction of sp³-hybridized carbons (Fsp3) is 0.174. The Balaban J connectivity index is 1.69. The van der Waals surface area contributed by atoms with E-state index >= 15 is 0 Å². The van der Waals surface area contributed by atoms with E-state index in [0.29, 0.717) is 29.8 Å². The van der Waals surface area contributed by atoms with Crippen molar-refractivity contribution in [1.29, 1.82) is 0 Å². The first-order valence-electron chi connectivity index (χ1n) is 9.85. The Morgan fingerprint density at radius 1 is 1.06 bits per heavy atom. The van der Waals surface area contributed by atoms with Crippen LogP contribution in [-0.2, 0) is 16.4 Å². The Morgan fingerprint density at radius 3 is 2.50 bits per heavy atom. The molecule has 0 atom stereocenters. The van der Waals surface area contributed by atoms with E-state index in [1.54, 1.807) is 19.1 Å². The summed E-state index contributed by atoms with van der Waals surface area (Å²) >= 11 is 6.12. The lowest BCUT2D eigenvalue weighted by molar-refractivity contribution is 0.102. The second-order valence-corrected chi connectivity index (χ2v) is 9.73. The van der Waals surface area contributed by atoms with E-state index in [0.717, 1.165) is 17.7 Å². The van der Waals surface area contributed by atoms with Gasteiger partial charge in [0, 0.05) is 12.2 Å². The second kappa shape index (κ2) is 8.52.